The van der Waals surface area contributed by atoms with Crippen molar-refractivity contribution >= 4 is 5.97 Å². The largest absolute Gasteiger partial charge is 0.465 e. The van der Waals surface area contributed by atoms with Gasteiger partial charge in [0.05, 0.1) is 6.61 Å². The molecule has 0 radical (unpaired) electrons. The van der Waals surface area contributed by atoms with Crippen LogP contribution in [-0.4, -0.2) is 12.6 Å². The van der Waals surface area contributed by atoms with E-state index in [-0.39, 0.29) is 5.97 Å². The van der Waals surface area contributed by atoms with Crippen molar-refractivity contribution < 1.29 is 9.53 Å². The Balaban J connectivity index is 2.21. The first-order valence-electron chi connectivity index (χ1n) is 8.59. The van der Waals surface area contributed by atoms with Crippen LogP contribution in [0.5, 0.6) is 0 Å². The Morgan fingerprint density at radius 3 is 1.64 bits per heavy atom. The highest BCUT2D eigenvalue weighted by atomic mass is 16.5. The maximum atomic E-state index is 13.2. The number of carbonyl (C=O) groups excluding carboxylic acids is 1. The molecule has 0 amide bonds. The number of esters is 1. The van der Waals surface area contributed by atoms with Gasteiger partial charge in [-0.3, -0.25) is 4.79 Å². The second-order valence-corrected chi connectivity index (χ2v) is 6.02. The fourth-order valence-corrected chi connectivity index (χ4v) is 3.28. The predicted octanol–water partition coefficient (Wildman–Crippen LogP) is 4.78. The van der Waals surface area contributed by atoms with E-state index in [9.17, 15) is 4.79 Å². The summed E-state index contributed by atoms with van der Waals surface area (Å²) < 4.78 is 5.55. The molecule has 0 fully saturated rings. The summed E-state index contributed by atoms with van der Waals surface area (Å²) in [5, 5.41) is 0. The molecule has 3 aromatic carbocycles. The lowest BCUT2D eigenvalue weighted by molar-refractivity contribution is -0.148. The first kappa shape index (κ1) is 17.0. The standard InChI is InChI=1S/C23H22O2/c1-2-25-22(24)23(20-14-8-4-9-15-20,21-16-10-5-11-17-21)18-19-12-6-3-7-13-19/h3-17H,2,18H2,1H3. The summed E-state index contributed by atoms with van der Waals surface area (Å²) in [4.78, 5) is 13.2. The van der Waals surface area contributed by atoms with Crippen LogP contribution < -0.4 is 0 Å². The van der Waals surface area contributed by atoms with Crippen molar-refractivity contribution in [1.82, 2.24) is 0 Å². The molecule has 0 aliphatic heterocycles. The monoisotopic (exact) mass is 330 g/mol. The molecule has 3 aromatic rings. The molecule has 0 aliphatic carbocycles. The topological polar surface area (TPSA) is 26.3 Å². The van der Waals surface area contributed by atoms with Gasteiger partial charge in [0.25, 0.3) is 0 Å². The molecule has 0 saturated heterocycles. The quantitative estimate of drug-likeness (QED) is 0.608. The summed E-state index contributed by atoms with van der Waals surface area (Å²) in [6, 6.07) is 29.9. The van der Waals surface area contributed by atoms with Crippen molar-refractivity contribution in [1.29, 1.82) is 0 Å². The van der Waals surface area contributed by atoms with Crippen LogP contribution in [0, 0.1) is 0 Å². The van der Waals surface area contributed by atoms with E-state index in [0.29, 0.717) is 13.0 Å². The van der Waals surface area contributed by atoms with Gasteiger partial charge in [0.1, 0.15) is 5.41 Å². The van der Waals surface area contributed by atoms with Gasteiger partial charge in [-0.05, 0) is 30.0 Å². The first-order valence-corrected chi connectivity index (χ1v) is 8.59. The Kier molecular flexibility index (Phi) is 5.30. The summed E-state index contributed by atoms with van der Waals surface area (Å²) in [5.74, 6) is -0.212. The van der Waals surface area contributed by atoms with Gasteiger partial charge in [0.15, 0.2) is 0 Å². The minimum absolute atomic E-state index is 0.212. The molecular formula is C23H22O2. The first-order chi connectivity index (χ1) is 12.3. The molecule has 0 aromatic heterocycles. The number of carbonyl (C=O) groups is 1. The van der Waals surface area contributed by atoms with Crippen molar-refractivity contribution in [2.45, 2.75) is 18.8 Å². The van der Waals surface area contributed by atoms with E-state index in [1.54, 1.807) is 0 Å². The summed E-state index contributed by atoms with van der Waals surface area (Å²) >= 11 is 0. The molecular weight excluding hydrogens is 308 g/mol. The van der Waals surface area contributed by atoms with Crippen LogP contribution >= 0.6 is 0 Å². The van der Waals surface area contributed by atoms with Crippen LogP contribution in [0.3, 0.4) is 0 Å². The molecule has 0 heterocycles. The number of ether oxygens (including phenoxy) is 1. The third-order valence-electron chi connectivity index (χ3n) is 4.47. The van der Waals surface area contributed by atoms with E-state index in [2.05, 4.69) is 12.1 Å². The minimum atomic E-state index is -0.861. The van der Waals surface area contributed by atoms with Crippen LogP contribution in [0.2, 0.25) is 0 Å². The molecule has 25 heavy (non-hydrogen) atoms. The van der Waals surface area contributed by atoms with Crippen LogP contribution in [0.25, 0.3) is 0 Å². The number of hydrogen-bond donors (Lipinski definition) is 0. The van der Waals surface area contributed by atoms with Gasteiger partial charge >= 0.3 is 5.97 Å². The molecule has 2 nitrogen and oxygen atoms in total. The van der Waals surface area contributed by atoms with Gasteiger partial charge < -0.3 is 4.74 Å². The lowest BCUT2D eigenvalue weighted by Gasteiger charge is -2.33. The molecule has 0 unspecified atom stereocenters. The summed E-state index contributed by atoms with van der Waals surface area (Å²) in [6.45, 7) is 2.20. The van der Waals surface area contributed by atoms with E-state index in [0.717, 1.165) is 16.7 Å². The van der Waals surface area contributed by atoms with Crippen molar-refractivity contribution in [2.75, 3.05) is 6.61 Å². The Hall–Kier alpha value is -2.87. The highest BCUT2D eigenvalue weighted by molar-refractivity contribution is 5.88. The lowest BCUT2D eigenvalue weighted by atomic mass is 9.70. The Morgan fingerprint density at radius 1 is 0.760 bits per heavy atom. The normalized spacial score (nSPS) is 11.1. The maximum absolute atomic E-state index is 13.2. The fraction of sp³-hybridized carbons (Fsp3) is 0.174. The fourth-order valence-electron chi connectivity index (χ4n) is 3.28. The van der Waals surface area contributed by atoms with Gasteiger partial charge in [-0.1, -0.05) is 91.0 Å². The summed E-state index contributed by atoms with van der Waals surface area (Å²) in [7, 11) is 0. The van der Waals surface area contributed by atoms with Crippen molar-refractivity contribution in [3.63, 3.8) is 0 Å². The van der Waals surface area contributed by atoms with Gasteiger partial charge in [0, 0.05) is 0 Å². The van der Waals surface area contributed by atoms with Crippen molar-refractivity contribution in [3.05, 3.63) is 108 Å². The molecule has 0 aliphatic rings. The molecule has 2 heteroatoms. The van der Waals surface area contributed by atoms with Gasteiger partial charge in [-0.25, -0.2) is 0 Å². The Bertz CT molecular complexity index is 756. The van der Waals surface area contributed by atoms with Gasteiger partial charge in [-0.2, -0.15) is 0 Å². The van der Waals surface area contributed by atoms with Gasteiger partial charge in [-0.15, -0.1) is 0 Å². The predicted molar refractivity (Wildman–Crippen MR) is 100 cm³/mol. The average molecular weight is 330 g/mol. The second kappa shape index (κ2) is 7.80. The Morgan fingerprint density at radius 2 is 1.20 bits per heavy atom. The summed E-state index contributed by atoms with van der Waals surface area (Å²) in [5.41, 5.74) is 2.13. The minimum Gasteiger partial charge on any atom is -0.465 e. The molecule has 0 bridgehead atoms. The van der Waals surface area contributed by atoms with E-state index in [4.69, 9.17) is 4.74 Å². The Labute approximate surface area is 149 Å². The van der Waals surface area contributed by atoms with E-state index in [1.165, 1.54) is 0 Å². The SMILES string of the molecule is CCOC(=O)C(Cc1ccccc1)(c1ccccc1)c1ccccc1. The van der Waals surface area contributed by atoms with Crippen LogP contribution in [0.1, 0.15) is 23.6 Å². The molecule has 0 saturated carbocycles. The van der Waals surface area contributed by atoms with Crippen LogP contribution in [0.15, 0.2) is 91.0 Å². The van der Waals surface area contributed by atoms with Crippen LogP contribution in [-0.2, 0) is 21.4 Å². The second-order valence-electron chi connectivity index (χ2n) is 6.02. The molecule has 0 N–H and O–H groups in total. The number of rotatable bonds is 6. The lowest BCUT2D eigenvalue weighted by Crippen LogP contribution is -2.41. The van der Waals surface area contributed by atoms with Gasteiger partial charge in [0.2, 0.25) is 0 Å². The zero-order chi connectivity index (χ0) is 17.5. The van der Waals surface area contributed by atoms with E-state index < -0.39 is 5.41 Å². The zero-order valence-corrected chi connectivity index (χ0v) is 14.4. The zero-order valence-electron chi connectivity index (χ0n) is 14.4. The average Bonchev–Trinajstić information content (AvgIpc) is 2.68. The molecule has 3 rings (SSSR count). The number of hydrogen-bond acceptors (Lipinski definition) is 2. The third kappa shape index (κ3) is 3.48. The van der Waals surface area contributed by atoms with E-state index in [1.807, 2.05) is 85.8 Å². The smallest absolute Gasteiger partial charge is 0.321 e. The third-order valence-corrected chi connectivity index (χ3v) is 4.47. The van der Waals surface area contributed by atoms with Crippen molar-refractivity contribution in [3.8, 4) is 0 Å². The molecule has 0 spiro atoms. The molecule has 126 valence electrons. The maximum Gasteiger partial charge on any atom is 0.321 e. The highest BCUT2D eigenvalue weighted by Gasteiger charge is 2.43. The van der Waals surface area contributed by atoms with Crippen molar-refractivity contribution in [2.24, 2.45) is 0 Å². The van der Waals surface area contributed by atoms with E-state index >= 15 is 0 Å². The molecule has 0 atom stereocenters. The number of benzene rings is 3. The highest BCUT2D eigenvalue weighted by Crippen LogP contribution is 2.37. The summed E-state index contributed by atoms with van der Waals surface area (Å²) in [6.07, 6.45) is 0.556. The van der Waals surface area contributed by atoms with Crippen LogP contribution in [0.4, 0.5) is 0 Å².